The summed E-state index contributed by atoms with van der Waals surface area (Å²) < 4.78 is 0. The monoisotopic (exact) mass is 583 g/mol. The molecule has 8 nitrogen and oxygen atoms in total. The van der Waals surface area contributed by atoms with Crippen LogP contribution in [0.25, 0.3) is 0 Å². The third-order valence-electron chi connectivity index (χ3n) is 8.63. The molecule has 0 aromatic heterocycles. The number of hydrogen-bond donors (Lipinski definition) is 2. The van der Waals surface area contributed by atoms with Crippen molar-refractivity contribution in [3.63, 3.8) is 0 Å². The van der Waals surface area contributed by atoms with Gasteiger partial charge < -0.3 is 15.5 Å². The van der Waals surface area contributed by atoms with E-state index in [2.05, 4.69) is 21.8 Å². The summed E-state index contributed by atoms with van der Waals surface area (Å²) in [5.74, 6) is -0.530. The average molecular weight is 584 g/mol. The number of nitrogens with one attached hydrogen (secondary N) is 2. The first kappa shape index (κ1) is 28.1. The number of benzene rings is 3. The molecule has 3 heterocycles. The molecule has 3 amide bonds. The van der Waals surface area contributed by atoms with Crippen LogP contribution in [-0.4, -0.2) is 65.6 Å². The van der Waals surface area contributed by atoms with E-state index in [0.29, 0.717) is 43.8 Å². The van der Waals surface area contributed by atoms with Crippen molar-refractivity contribution in [3.8, 4) is 0 Å². The van der Waals surface area contributed by atoms with Crippen LogP contribution in [0.15, 0.2) is 84.0 Å². The molecule has 0 spiro atoms. The Kier molecular flexibility index (Phi) is 7.84. The summed E-state index contributed by atoms with van der Waals surface area (Å²) in [6.07, 6.45) is 1.81. The number of likely N-dealkylation sites (tertiary alicyclic amines) is 1. The molecule has 3 aliphatic heterocycles. The van der Waals surface area contributed by atoms with Crippen molar-refractivity contribution < 1.29 is 14.4 Å². The van der Waals surface area contributed by atoms with Crippen LogP contribution in [0.1, 0.15) is 28.7 Å². The van der Waals surface area contributed by atoms with Gasteiger partial charge in [-0.3, -0.25) is 14.4 Å². The standard InChI is InChI=1S/C33H34ClN5O3/c1-38-32(42)33(19-23-7-3-2-4-8-23)21-39(16-15-29(33)37-38)31(41)28(17-22-11-13-26(34)14-12-22)36-30(40)27-18-24-9-5-6-10-25(24)20-35-27/h2-14,27-28,35H,15-21H2,1H3,(H,36,40)/t27-,28-,33+/m1/s1. The van der Waals surface area contributed by atoms with Crippen LogP contribution in [0.2, 0.25) is 5.02 Å². The molecule has 3 aliphatic rings. The van der Waals surface area contributed by atoms with E-state index >= 15 is 0 Å². The number of hydrazone groups is 1. The number of carbonyl (C=O) groups is 3. The van der Waals surface area contributed by atoms with E-state index < -0.39 is 17.5 Å². The van der Waals surface area contributed by atoms with Crippen LogP contribution in [0, 0.1) is 5.41 Å². The van der Waals surface area contributed by atoms with E-state index in [1.165, 1.54) is 10.6 Å². The predicted molar refractivity (Wildman–Crippen MR) is 162 cm³/mol. The maximum atomic E-state index is 14.3. The Bertz CT molecular complexity index is 1530. The van der Waals surface area contributed by atoms with Crippen molar-refractivity contribution in [2.75, 3.05) is 20.1 Å². The molecule has 42 heavy (non-hydrogen) atoms. The number of hydrogen-bond acceptors (Lipinski definition) is 5. The summed E-state index contributed by atoms with van der Waals surface area (Å²) in [4.78, 5) is 43.2. The molecule has 6 rings (SSSR count). The number of rotatable bonds is 7. The van der Waals surface area contributed by atoms with Gasteiger partial charge in [0.25, 0.3) is 5.91 Å². The zero-order valence-electron chi connectivity index (χ0n) is 23.6. The number of fused-ring (bicyclic) bond motifs is 2. The van der Waals surface area contributed by atoms with Crippen LogP contribution in [0.5, 0.6) is 0 Å². The highest BCUT2D eigenvalue weighted by Gasteiger charge is 2.53. The highest BCUT2D eigenvalue weighted by molar-refractivity contribution is 6.30. The highest BCUT2D eigenvalue weighted by atomic mass is 35.5. The van der Waals surface area contributed by atoms with Gasteiger partial charge in [0.2, 0.25) is 11.8 Å². The third-order valence-corrected chi connectivity index (χ3v) is 8.88. The molecule has 2 N–H and O–H groups in total. The molecule has 1 fully saturated rings. The second kappa shape index (κ2) is 11.7. The third kappa shape index (κ3) is 5.56. The van der Waals surface area contributed by atoms with Crippen molar-refractivity contribution >= 4 is 35.0 Å². The summed E-state index contributed by atoms with van der Waals surface area (Å²) in [5, 5.41) is 13.0. The topological polar surface area (TPSA) is 94.1 Å². The Morgan fingerprint density at radius 1 is 1.02 bits per heavy atom. The fourth-order valence-corrected chi connectivity index (χ4v) is 6.53. The van der Waals surface area contributed by atoms with Gasteiger partial charge in [0.1, 0.15) is 11.5 Å². The molecule has 216 valence electrons. The van der Waals surface area contributed by atoms with E-state index in [1.807, 2.05) is 60.7 Å². The molecule has 3 aromatic carbocycles. The predicted octanol–water partition coefficient (Wildman–Crippen LogP) is 3.37. The Balaban J connectivity index is 1.25. The minimum absolute atomic E-state index is 0.109. The van der Waals surface area contributed by atoms with Crippen LogP contribution < -0.4 is 10.6 Å². The molecule has 0 saturated carbocycles. The minimum Gasteiger partial charge on any atom is -0.343 e. The Labute approximate surface area is 250 Å². The lowest BCUT2D eigenvalue weighted by atomic mass is 9.73. The van der Waals surface area contributed by atoms with Gasteiger partial charge in [-0.2, -0.15) is 5.10 Å². The van der Waals surface area contributed by atoms with Gasteiger partial charge in [-0.15, -0.1) is 0 Å². The summed E-state index contributed by atoms with van der Waals surface area (Å²) in [7, 11) is 1.67. The van der Waals surface area contributed by atoms with Crippen molar-refractivity contribution in [3.05, 3.63) is 106 Å². The number of halogens is 1. The zero-order valence-corrected chi connectivity index (χ0v) is 24.3. The molecule has 0 radical (unpaired) electrons. The number of amides is 3. The smallest absolute Gasteiger partial charge is 0.256 e. The van der Waals surface area contributed by atoms with Gasteiger partial charge in [-0.05, 0) is 47.2 Å². The van der Waals surface area contributed by atoms with Crippen LogP contribution in [-0.2, 0) is 40.2 Å². The zero-order chi connectivity index (χ0) is 29.3. The first-order chi connectivity index (χ1) is 20.3. The van der Waals surface area contributed by atoms with E-state index in [0.717, 1.165) is 22.4 Å². The first-order valence-electron chi connectivity index (χ1n) is 14.4. The van der Waals surface area contributed by atoms with E-state index in [9.17, 15) is 14.4 Å². The summed E-state index contributed by atoms with van der Waals surface area (Å²) in [5.41, 5.74) is 4.09. The maximum absolute atomic E-state index is 14.3. The highest BCUT2D eigenvalue weighted by Crippen LogP contribution is 2.38. The minimum atomic E-state index is -0.923. The van der Waals surface area contributed by atoms with Gasteiger partial charge in [0.05, 0.1) is 11.8 Å². The summed E-state index contributed by atoms with van der Waals surface area (Å²) in [6.45, 7) is 1.23. The Morgan fingerprint density at radius 3 is 2.50 bits per heavy atom. The molecule has 9 heteroatoms. The maximum Gasteiger partial charge on any atom is 0.256 e. The van der Waals surface area contributed by atoms with Crippen molar-refractivity contribution in [1.82, 2.24) is 20.5 Å². The van der Waals surface area contributed by atoms with E-state index in [4.69, 9.17) is 11.6 Å². The molecule has 3 atom stereocenters. The van der Waals surface area contributed by atoms with Crippen molar-refractivity contribution in [1.29, 1.82) is 0 Å². The van der Waals surface area contributed by atoms with Gasteiger partial charge in [-0.1, -0.05) is 78.3 Å². The normalized spacial score (nSPS) is 22.2. The second-order valence-electron chi connectivity index (χ2n) is 11.4. The fraction of sp³-hybridized carbons (Fsp3) is 0.333. The molecule has 3 aromatic rings. The van der Waals surface area contributed by atoms with E-state index in [1.54, 1.807) is 24.1 Å². The molecule has 0 unspecified atom stereocenters. The first-order valence-corrected chi connectivity index (χ1v) is 14.7. The Hall–Kier alpha value is -4.01. The van der Waals surface area contributed by atoms with E-state index in [-0.39, 0.29) is 24.3 Å². The molecule has 0 aliphatic carbocycles. The average Bonchev–Trinajstić information content (AvgIpc) is 3.26. The lowest BCUT2D eigenvalue weighted by molar-refractivity contribution is -0.142. The van der Waals surface area contributed by atoms with Gasteiger partial charge >= 0.3 is 0 Å². The number of carbonyl (C=O) groups excluding carboxylic acids is 3. The summed E-state index contributed by atoms with van der Waals surface area (Å²) in [6, 6.07) is 24.0. The SMILES string of the molecule is CN1N=C2CCN(C(=O)[C@@H](Cc3ccc(Cl)cc3)NC(=O)[C@H]3Cc4ccccc4CN3)C[C@]2(Cc2ccccc2)C1=O. The van der Waals surface area contributed by atoms with Gasteiger partial charge in [0, 0.05) is 44.5 Å². The van der Waals surface area contributed by atoms with Crippen molar-refractivity contribution in [2.45, 2.75) is 44.3 Å². The number of nitrogens with zero attached hydrogens (tertiary/aromatic N) is 3. The summed E-state index contributed by atoms with van der Waals surface area (Å²) >= 11 is 6.12. The van der Waals surface area contributed by atoms with Crippen molar-refractivity contribution in [2.24, 2.45) is 10.5 Å². The van der Waals surface area contributed by atoms with Crippen LogP contribution >= 0.6 is 11.6 Å². The lowest BCUT2D eigenvalue weighted by Gasteiger charge is -2.41. The lowest BCUT2D eigenvalue weighted by Crippen LogP contribution is -2.60. The van der Waals surface area contributed by atoms with Gasteiger partial charge in [0.15, 0.2) is 0 Å². The molecule has 0 bridgehead atoms. The molecular weight excluding hydrogens is 550 g/mol. The molecular formula is C33H34ClN5O3. The quantitative estimate of drug-likeness (QED) is 0.446. The number of piperidine rings is 1. The van der Waals surface area contributed by atoms with Gasteiger partial charge in [-0.25, -0.2) is 5.01 Å². The Morgan fingerprint density at radius 2 is 1.74 bits per heavy atom. The fourth-order valence-electron chi connectivity index (χ4n) is 6.40. The van der Waals surface area contributed by atoms with Crippen LogP contribution in [0.4, 0.5) is 0 Å². The van der Waals surface area contributed by atoms with Crippen LogP contribution in [0.3, 0.4) is 0 Å². The molecule has 1 saturated heterocycles. The largest absolute Gasteiger partial charge is 0.343 e. The second-order valence-corrected chi connectivity index (χ2v) is 11.9.